The summed E-state index contributed by atoms with van der Waals surface area (Å²) in [7, 11) is 0. The lowest BCUT2D eigenvalue weighted by Crippen LogP contribution is -1.99. The molecule has 1 N–H and O–H groups in total. The molecule has 12 aromatic rings. The van der Waals surface area contributed by atoms with E-state index in [1.807, 2.05) is 74.8 Å². The molecule has 6 heterocycles. The van der Waals surface area contributed by atoms with E-state index in [0.717, 1.165) is 128 Å². The largest absolute Gasteiger partial charge is 0.512 e. The van der Waals surface area contributed by atoms with Gasteiger partial charge in [-0.15, -0.1) is 0 Å². The molecule has 0 amide bonds. The third-order valence-corrected chi connectivity index (χ3v) is 13.5. The zero-order chi connectivity index (χ0) is 48.9. The summed E-state index contributed by atoms with van der Waals surface area (Å²) in [5.74, 6) is -0.117. The third-order valence-electron chi connectivity index (χ3n) is 13.5. The van der Waals surface area contributed by atoms with Gasteiger partial charge >= 0.3 is 0 Å². The number of aliphatic hydroxyl groups is 1. The van der Waals surface area contributed by atoms with Crippen LogP contribution in [0.1, 0.15) is 30.3 Å². The molecule has 72 heavy (non-hydrogen) atoms. The Kier molecular flexibility index (Phi) is 11.1. The molecular weight excluding hydrogens is 889 g/mol. The molecule has 0 aliphatic rings. The molecule has 0 radical (unpaired) electrons. The summed E-state index contributed by atoms with van der Waals surface area (Å²) in [6.45, 7) is 5.45. The highest BCUT2D eigenvalue weighted by Gasteiger charge is 2.19. The zero-order valence-corrected chi connectivity index (χ0v) is 39.9. The van der Waals surface area contributed by atoms with Crippen LogP contribution >= 0.6 is 0 Å². The Hall–Kier alpha value is -9.27. The van der Waals surface area contributed by atoms with Crippen molar-refractivity contribution in [3.63, 3.8) is 0 Å². The highest BCUT2D eigenvalue weighted by molar-refractivity contribution is 6.09. The van der Waals surface area contributed by atoms with Crippen molar-refractivity contribution in [3.05, 3.63) is 217 Å². The average Bonchev–Trinajstić information content (AvgIpc) is 3.98. The van der Waals surface area contributed by atoms with E-state index in [2.05, 4.69) is 137 Å². The van der Waals surface area contributed by atoms with Gasteiger partial charge in [0.05, 0.1) is 17.1 Å². The topological polar surface area (TPSA) is 115 Å². The first-order valence-electron chi connectivity index (χ1n) is 24.1. The number of allylic oxidation sites excluding steroid dienone is 2. The van der Waals surface area contributed by atoms with Gasteiger partial charge in [-0.2, -0.15) is 0 Å². The number of carbonyl (C=O) groups is 1. The number of para-hydroxylation sites is 2. The lowest BCUT2D eigenvalue weighted by molar-refractivity contribution is -0.114. The second-order valence-corrected chi connectivity index (χ2v) is 18.3. The van der Waals surface area contributed by atoms with Crippen LogP contribution in [0.15, 0.2) is 209 Å². The van der Waals surface area contributed by atoms with Gasteiger partial charge in [-0.3, -0.25) is 14.8 Å². The molecule has 12 rings (SSSR count). The predicted octanol–water partition coefficient (Wildman–Crippen LogP) is 16.3. The van der Waals surface area contributed by atoms with Gasteiger partial charge in [0, 0.05) is 80.1 Å². The van der Waals surface area contributed by atoms with E-state index in [0.29, 0.717) is 17.8 Å². The van der Waals surface area contributed by atoms with Crippen LogP contribution in [0, 0.1) is 13.8 Å². The van der Waals surface area contributed by atoms with Crippen molar-refractivity contribution >= 4 is 49.9 Å². The Labute approximate surface area is 415 Å². The fraction of sp³-hybridized carbons (Fsp3) is 0.0781. The number of carbonyl (C=O) groups excluding carboxylic acids is 1. The molecule has 0 atom stereocenters. The number of furan rings is 2. The monoisotopic (exact) mass is 934 g/mol. The summed E-state index contributed by atoms with van der Waals surface area (Å²) in [5, 5.41) is 13.8. The summed E-state index contributed by atoms with van der Waals surface area (Å²) in [5.41, 5.74) is 19.2. The van der Waals surface area contributed by atoms with E-state index in [9.17, 15) is 9.90 Å². The third kappa shape index (κ3) is 8.18. The van der Waals surface area contributed by atoms with E-state index < -0.39 is 0 Å². The first kappa shape index (κ1) is 44.0. The first-order valence-corrected chi connectivity index (χ1v) is 24.1. The number of hydrogen-bond donors (Lipinski definition) is 1. The quantitative estimate of drug-likeness (QED) is 0.101. The summed E-state index contributed by atoms with van der Waals surface area (Å²) >= 11 is 0. The molecule has 0 aliphatic carbocycles. The van der Waals surface area contributed by atoms with Gasteiger partial charge in [0.2, 0.25) is 11.4 Å². The van der Waals surface area contributed by atoms with Crippen LogP contribution in [0.3, 0.4) is 0 Å². The Morgan fingerprint density at radius 3 is 1.36 bits per heavy atom. The molecule has 0 spiro atoms. The molecule has 0 fully saturated rings. The maximum Gasteiger partial charge on any atom is 0.227 e. The van der Waals surface area contributed by atoms with Crippen molar-refractivity contribution in [2.75, 3.05) is 0 Å². The van der Waals surface area contributed by atoms with E-state index >= 15 is 0 Å². The van der Waals surface area contributed by atoms with Crippen LogP contribution < -0.4 is 0 Å². The van der Waals surface area contributed by atoms with Crippen molar-refractivity contribution in [3.8, 4) is 78.1 Å². The Morgan fingerprint density at radius 2 is 0.903 bits per heavy atom. The fourth-order valence-electron chi connectivity index (χ4n) is 10.0. The first-order chi connectivity index (χ1) is 35.2. The molecule has 6 aromatic heterocycles. The minimum atomic E-state index is -0.121. The highest BCUT2D eigenvalue weighted by atomic mass is 16.3. The number of pyridine rings is 4. The number of ketones is 1. The summed E-state index contributed by atoms with van der Waals surface area (Å²) < 4.78 is 12.7. The molecule has 0 saturated heterocycles. The van der Waals surface area contributed by atoms with Crippen LogP contribution in [-0.2, 0) is 11.2 Å². The summed E-state index contributed by atoms with van der Waals surface area (Å²) in [6.07, 6.45) is 5.96. The molecule has 346 valence electrons. The number of hydrogen-bond acceptors (Lipinski definition) is 8. The standard InChI is InChI=1S/C64H46N4O4/c1-38-22-28-55-53-18-10-20-57(61(53)71-63(55)67-38)59-30-25-42(36-65-59)49-14-6-8-16-51(49)45-33-44(48-13-5-4-12-41(48)24-27-47(70)32-40(3)69)34-46(35-45)52-17-9-7-15-50(52)43-26-31-60(66-37-43)58-21-11-19-54-56-29-23-39(2)68-64(56)72-62(54)58/h4-23,25-26,28-37,69H,24,27H2,1-3H3. The van der Waals surface area contributed by atoms with E-state index in [-0.39, 0.29) is 18.0 Å². The molecule has 0 aliphatic heterocycles. The summed E-state index contributed by atoms with van der Waals surface area (Å²) in [4.78, 5) is 32.3. The van der Waals surface area contributed by atoms with Gasteiger partial charge in [0.25, 0.3) is 0 Å². The fourth-order valence-corrected chi connectivity index (χ4v) is 10.0. The zero-order valence-electron chi connectivity index (χ0n) is 39.9. The molecule has 8 heteroatoms. The van der Waals surface area contributed by atoms with Gasteiger partial charge < -0.3 is 13.9 Å². The van der Waals surface area contributed by atoms with Crippen molar-refractivity contribution in [1.82, 2.24) is 19.9 Å². The molecule has 6 aromatic carbocycles. The SMILES string of the molecule is CC(O)=CC(=O)CCc1ccccc1-c1cc(-c2ccccc2-c2ccc(-c3cccc4c3oc3nc(C)ccc34)nc2)cc(-c2ccccc2-c2ccc(-c3cccc4c3oc3nc(C)ccc34)nc2)c1. The van der Waals surface area contributed by atoms with Crippen molar-refractivity contribution in [2.45, 2.75) is 33.6 Å². The molecular formula is C64H46N4O4. The maximum atomic E-state index is 12.9. The normalized spacial score (nSPS) is 11.8. The number of aliphatic hydroxyl groups excluding tert-OH is 1. The maximum absolute atomic E-state index is 12.9. The van der Waals surface area contributed by atoms with Crippen LogP contribution in [0.2, 0.25) is 0 Å². The lowest BCUT2D eigenvalue weighted by atomic mass is 9.86. The Bertz CT molecular complexity index is 3880. The average molecular weight is 935 g/mol. The highest BCUT2D eigenvalue weighted by Crippen LogP contribution is 2.42. The van der Waals surface area contributed by atoms with Gasteiger partial charge in [-0.05, 0) is 144 Å². The van der Waals surface area contributed by atoms with Crippen molar-refractivity contribution < 1.29 is 18.7 Å². The van der Waals surface area contributed by atoms with E-state index in [1.165, 1.54) is 13.0 Å². The van der Waals surface area contributed by atoms with Crippen LogP contribution in [-0.4, -0.2) is 30.8 Å². The Morgan fingerprint density at radius 1 is 0.472 bits per heavy atom. The second kappa shape index (κ2) is 18.2. The van der Waals surface area contributed by atoms with E-state index in [1.54, 1.807) is 0 Å². The van der Waals surface area contributed by atoms with Crippen molar-refractivity contribution in [1.29, 1.82) is 0 Å². The number of rotatable bonds is 11. The molecule has 0 saturated carbocycles. The minimum absolute atomic E-state index is 0.00463. The number of aryl methyl sites for hydroxylation is 3. The summed E-state index contributed by atoms with van der Waals surface area (Å²) in [6, 6.07) is 60.7. The van der Waals surface area contributed by atoms with Crippen LogP contribution in [0.4, 0.5) is 0 Å². The minimum Gasteiger partial charge on any atom is -0.512 e. The second-order valence-electron chi connectivity index (χ2n) is 18.3. The smallest absolute Gasteiger partial charge is 0.227 e. The van der Waals surface area contributed by atoms with E-state index in [4.69, 9.17) is 18.8 Å². The van der Waals surface area contributed by atoms with Gasteiger partial charge in [0.1, 0.15) is 11.2 Å². The van der Waals surface area contributed by atoms with Crippen molar-refractivity contribution in [2.24, 2.45) is 0 Å². The number of fused-ring (bicyclic) bond motifs is 6. The molecule has 0 unspecified atom stereocenters. The van der Waals surface area contributed by atoms with Crippen LogP contribution in [0.5, 0.6) is 0 Å². The number of benzene rings is 6. The lowest BCUT2D eigenvalue weighted by Gasteiger charge is -2.18. The number of nitrogens with zero attached hydrogens (tertiary/aromatic N) is 4. The van der Waals surface area contributed by atoms with Gasteiger partial charge in [0.15, 0.2) is 5.78 Å². The van der Waals surface area contributed by atoms with Gasteiger partial charge in [-0.1, -0.05) is 109 Å². The van der Waals surface area contributed by atoms with Crippen LogP contribution in [0.25, 0.3) is 122 Å². The molecule has 8 nitrogen and oxygen atoms in total. The Balaban J connectivity index is 0.957. The predicted molar refractivity (Wildman–Crippen MR) is 289 cm³/mol. The number of aromatic nitrogens is 4. The van der Waals surface area contributed by atoms with Gasteiger partial charge in [-0.25, -0.2) is 9.97 Å². The molecule has 0 bridgehead atoms.